The van der Waals surface area contributed by atoms with Gasteiger partial charge in [-0.15, -0.1) is 0 Å². The summed E-state index contributed by atoms with van der Waals surface area (Å²) in [6.07, 6.45) is 3.46. The Balaban J connectivity index is 1.78. The maximum Gasteiger partial charge on any atom is 0.331 e. The zero-order valence-electron chi connectivity index (χ0n) is 15.0. The molecule has 10 heteroatoms. The molecule has 1 aromatic carbocycles. The second-order valence-corrected chi connectivity index (χ2v) is 5.95. The molecule has 0 saturated heterocycles. The van der Waals surface area contributed by atoms with E-state index in [-0.39, 0.29) is 16.9 Å². The number of ether oxygens (including phenoxy) is 1. The number of carbonyl (C=O) groups is 1. The van der Waals surface area contributed by atoms with Crippen molar-refractivity contribution in [1.29, 1.82) is 0 Å². The third kappa shape index (κ3) is 3.61. The highest BCUT2D eigenvalue weighted by atomic mass is 19.3. The van der Waals surface area contributed by atoms with Crippen LogP contribution in [0.5, 0.6) is 0 Å². The second kappa shape index (κ2) is 7.59. The SMILES string of the molecule is Cn1cc(/C=C/C(=O)OCc2nc3ccccc3n2C(F)F)c(=O)n(C)c1=O. The van der Waals surface area contributed by atoms with Crippen molar-refractivity contribution in [3.8, 4) is 0 Å². The van der Waals surface area contributed by atoms with Crippen LogP contribution in [0.1, 0.15) is 17.9 Å². The minimum Gasteiger partial charge on any atom is -0.454 e. The number of aromatic nitrogens is 4. The lowest BCUT2D eigenvalue weighted by Crippen LogP contribution is -2.37. The van der Waals surface area contributed by atoms with E-state index in [2.05, 4.69) is 4.98 Å². The molecule has 0 spiro atoms. The van der Waals surface area contributed by atoms with Gasteiger partial charge in [-0.2, -0.15) is 8.78 Å². The predicted molar refractivity (Wildman–Crippen MR) is 96.7 cm³/mol. The van der Waals surface area contributed by atoms with E-state index in [1.165, 1.54) is 37.0 Å². The van der Waals surface area contributed by atoms with Gasteiger partial charge in [0.25, 0.3) is 5.56 Å². The van der Waals surface area contributed by atoms with Gasteiger partial charge in [-0.3, -0.25) is 13.9 Å². The first-order valence-electron chi connectivity index (χ1n) is 8.15. The molecule has 0 saturated carbocycles. The molecular weight excluding hydrogens is 374 g/mol. The Morgan fingerprint density at radius 2 is 1.96 bits per heavy atom. The molecular formula is C18H16F2N4O4. The van der Waals surface area contributed by atoms with Crippen molar-refractivity contribution in [3.63, 3.8) is 0 Å². The minimum absolute atomic E-state index is 0.0985. The average molecular weight is 390 g/mol. The highest BCUT2D eigenvalue weighted by Crippen LogP contribution is 2.23. The Morgan fingerprint density at radius 1 is 1.25 bits per heavy atom. The molecule has 0 atom stereocenters. The van der Waals surface area contributed by atoms with Gasteiger partial charge in [0.05, 0.1) is 16.6 Å². The normalized spacial score (nSPS) is 11.6. The first-order chi connectivity index (χ1) is 13.3. The first-order valence-corrected chi connectivity index (χ1v) is 8.15. The van der Waals surface area contributed by atoms with Crippen molar-refractivity contribution in [3.05, 3.63) is 68.8 Å². The number of fused-ring (bicyclic) bond motifs is 1. The number of benzene rings is 1. The quantitative estimate of drug-likeness (QED) is 0.488. The van der Waals surface area contributed by atoms with Crippen molar-refractivity contribution in [1.82, 2.24) is 18.7 Å². The second-order valence-electron chi connectivity index (χ2n) is 5.95. The third-order valence-electron chi connectivity index (χ3n) is 4.08. The van der Waals surface area contributed by atoms with E-state index in [1.807, 2.05) is 0 Å². The van der Waals surface area contributed by atoms with Crippen molar-refractivity contribution in [2.24, 2.45) is 14.1 Å². The van der Waals surface area contributed by atoms with Crippen LogP contribution in [0.2, 0.25) is 0 Å². The number of imidazole rings is 1. The molecule has 28 heavy (non-hydrogen) atoms. The van der Waals surface area contributed by atoms with Crippen LogP contribution in [0.25, 0.3) is 17.1 Å². The van der Waals surface area contributed by atoms with E-state index in [9.17, 15) is 23.2 Å². The molecule has 0 aliphatic carbocycles. The number of halogens is 2. The summed E-state index contributed by atoms with van der Waals surface area (Å²) in [6, 6.07) is 6.34. The molecule has 3 aromatic rings. The van der Waals surface area contributed by atoms with E-state index in [0.717, 1.165) is 10.6 Å². The predicted octanol–water partition coefficient (Wildman–Crippen LogP) is 1.59. The Hall–Kier alpha value is -3.56. The highest BCUT2D eigenvalue weighted by Gasteiger charge is 2.18. The minimum atomic E-state index is -2.84. The molecule has 0 fully saturated rings. The van der Waals surface area contributed by atoms with E-state index in [4.69, 9.17) is 4.74 Å². The molecule has 0 amide bonds. The molecule has 2 heterocycles. The summed E-state index contributed by atoms with van der Waals surface area (Å²) >= 11 is 0. The van der Waals surface area contributed by atoms with Gasteiger partial charge in [0.15, 0.2) is 5.82 Å². The maximum atomic E-state index is 13.3. The van der Waals surface area contributed by atoms with Crippen LogP contribution >= 0.6 is 0 Å². The number of hydrogen-bond donors (Lipinski definition) is 0. The van der Waals surface area contributed by atoms with Gasteiger partial charge in [0.2, 0.25) is 0 Å². The van der Waals surface area contributed by atoms with Crippen LogP contribution in [0.15, 0.2) is 46.1 Å². The summed E-state index contributed by atoms with van der Waals surface area (Å²) in [5, 5.41) is 0. The summed E-state index contributed by atoms with van der Waals surface area (Å²) in [7, 11) is 2.78. The van der Waals surface area contributed by atoms with Crippen LogP contribution < -0.4 is 11.2 Å². The van der Waals surface area contributed by atoms with Crippen LogP contribution in [0, 0.1) is 0 Å². The van der Waals surface area contributed by atoms with Gasteiger partial charge in [-0.1, -0.05) is 12.1 Å². The monoisotopic (exact) mass is 390 g/mol. The van der Waals surface area contributed by atoms with E-state index >= 15 is 0 Å². The lowest BCUT2D eigenvalue weighted by atomic mass is 10.3. The lowest BCUT2D eigenvalue weighted by Gasteiger charge is -2.07. The van der Waals surface area contributed by atoms with Crippen molar-refractivity contribution < 1.29 is 18.3 Å². The topological polar surface area (TPSA) is 88.1 Å². The zero-order chi connectivity index (χ0) is 20.4. The molecule has 0 bridgehead atoms. The fourth-order valence-electron chi connectivity index (χ4n) is 2.71. The summed E-state index contributed by atoms with van der Waals surface area (Å²) in [5.41, 5.74) is -0.394. The molecule has 0 unspecified atom stereocenters. The number of carbonyl (C=O) groups excluding carboxylic acids is 1. The number of alkyl halides is 2. The van der Waals surface area contributed by atoms with E-state index in [1.54, 1.807) is 18.2 Å². The Kier molecular flexibility index (Phi) is 5.21. The number of esters is 1. The first kappa shape index (κ1) is 19.2. The average Bonchev–Trinajstić information content (AvgIpc) is 3.05. The van der Waals surface area contributed by atoms with Gasteiger partial charge < -0.3 is 9.30 Å². The van der Waals surface area contributed by atoms with Gasteiger partial charge in [0, 0.05) is 26.4 Å². The van der Waals surface area contributed by atoms with Crippen molar-refractivity contribution in [2.75, 3.05) is 0 Å². The molecule has 8 nitrogen and oxygen atoms in total. The van der Waals surface area contributed by atoms with Gasteiger partial charge in [0.1, 0.15) is 6.61 Å². The van der Waals surface area contributed by atoms with Crippen LogP contribution in [-0.4, -0.2) is 24.7 Å². The van der Waals surface area contributed by atoms with Crippen molar-refractivity contribution >= 4 is 23.1 Å². The Labute approximate surface area is 156 Å². The standard InChI is InChI=1S/C18H16F2N4O4/c1-22-9-11(16(26)23(2)18(22)27)7-8-15(25)28-10-14-21-12-5-3-4-6-13(12)24(14)17(19)20/h3-9,17H,10H2,1-2H3/b8-7+. The lowest BCUT2D eigenvalue weighted by molar-refractivity contribution is -0.139. The van der Waals surface area contributed by atoms with Crippen LogP contribution in [-0.2, 0) is 30.2 Å². The molecule has 0 aliphatic rings. The fraction of sp³-hybridized carbons (Fsp3) is 0.222. The molecule has 0 aliphatic heterocycles. The zero-order valence-corrected chi connectivity index (χ0v) is 15.0. The summed E-state index contributed by atoms with van der Waals surface area (Å²) in [5.74, 6) is -0.945. The molecule has 0 N–H and O–H groups in total. The number of rotatable bonds is 5. The van der Waals surface area contributed by atoms with Gasteiger partial charge in [-0.25, -0.2) is 14.6 Å². The summed E-state index contributed by atoms with van der Waals surface area (Å²) < 4.78 is 34.4. The highest BCUT2D eigenvalue weighted by molar-refractivity contribution is 5.87. The molecule has 146 valence electrons. The maximum absolute atomic E-state index is 13.3. The molecule has 2 aromatic heterocycles. The Bertz CT molecular complexity index is 1190. The number of para-hydroxylation sites is 2. The van der Waals surface area contributed by atoms with Gasteiger partial charge in [-0.05, 0) is 18.2 Å². The molecule has 3 rings (SSSR count). The van der Waals surface area contributed by atoms with Crippen LogP contribution in [0.3, 0.4) is 0 Å². The molecule has 0 radical (unpaired) electrons. The van der Waals surface area contributed by atoms with E-state index < -0.39 is 30.4 Å². The third-order valence-corrected chi connectivity index (χ3v) is 4.08. The Morgan fingerprint density at radius 3 is 2.68 bits per heavy atom. The number of hydrogen-bond acceptors (Lipinski definition) is 5. The fourth-order valence-corrected chi connectivity index (χ4v) is 2.71. The van der Waals surface area contributed by atoms with Gasteiger partial charge >= 0.3 is 18.2 Å². The summed E-state index contributed by atoms with van der Waals surface area (Å²) in [4.78, 5) is 39.6. The number of aryl methyl sites for hydroxylation is 1. The van der Waals surface area contributed by atoms with E-state index in [0.29, 0.717) is 10.1 Å². The van der Waals surface area contributed by atoms with Crippen molar-refractivity contribution in [2.45, 2.75) is 13.2 Å². The smallest absolute Gasteiger partial charge is 0.331 e. The summed E-state index contributed by atoms with van der Waals surface area (Å²) in [6.45, 7) is -3.31. The van der Waals surface area contributed by atoms with Crippen LogP contribution in [0.4, 0.5) is 8.78 Å². The largest absolute Gasteiger partial charge is 0.454 e. The number of nitrogens with zero attached hydrogens (tertiary/aromatic N) is 4.